The van der Waals surface area contributed by atoms with E-state index in [2.05, 4.69) is 0 Å². The Balaban J connectivity index is 2.34. The van der Waals surface area contributed by atoms with Crippen molar-refractivity contribution in [3.8, 4) is 0 Å². The summed E-state index contributed by atoms with van der Waals surface area (Å²) < 4.78 is 13.7. The lowest BCUT2D eigenvalue weighted by Gasteiger charge is -2.14. The van der Waals surface area contributed by atoms with Gasteiger partial charge < -0.3 is 5.73 Å². The van der Waals surface area contributed by atoms with Crippen LogP contribution in [0, 0.1) is 22.9 Å². The highest BCUT2D eigenvalue weighted by molar-refractivity contribution is 7.99. The SMILES string of the molecule is Cc1cc(Sc2ccc([N+](=O)[O-])cc2)c([C@H](C)N)cc1F. The summed E-state index contributed by atoms with van der Waals surface area (Å²) >= 11 is 1.42. The Morgan fingerprint density at radius 3 is 2.43 bits per heavy atom. The largest absolute Gasteiger partial charge is 0.324 e. The summed E-state index contributed by atoms with van der Waals surface area (Å²) in [5.74, 6) is -0.282. The van der Waals surface area contributed by atoms with Crippen molar-refractivity contribution in [1.29, 1.82) is 0 Å². The molecule has 0 fully saturated rings. The molecule has 0 aliphatic heterocycles. The van der Waals surface area contributed by atoms with Crippen molar-refractivity contribution in [3.63, 3.8) is 0 Å². The van der Waals surface area contributed by atoms with Gasteiger partial charge in [-0.3, -0.25) is 10.1 Å². The standard InChI is InChI=1S/C15H15FN2O2S/c1-9-7-15(13(10(2)17)8-14(9)16)21-12-5-3-11(4-6-12)18(19)20/h3-8,10H,17H2,1-2H3/t10-/m0/s1. The van der Waals surface area contributed by atoms with E-state index in [9.17, 15) is 14.5 Å². The normalized spacial score (nSPS) is 12.2. The molecule has 4 nitrogen and oxygen atoms in total. The van der Waals surface area contributed by atoms with E-state index in [4.69, 9.17) is 5.73 Å². The van der Waals surface area contributed by atoms with E-state index < -0.39 is 4.92 Å². The van der Waals surface area contributed by atoms with Crippen molar-refractivity contribution in [2.24, 2.45) is 5.73 Å². The molecule has 0 bridgehead atoms. The van der Waals surface area contributed by atoms with Crippen LogP contribution in [0.25, 0.3) is 0 Å². The fraction of sp³-hybridized carbons (Fsp3) is 0.200. The molecule has 110 valence electrons. The molecule has 0 heterocycles. The van der Waals surface area contributed by atoms with Crippen LogP contribution < -0.4 is 5.73 Å². The molecule has 2 rings (SSSR count). The van der Waals surface area contributed by atoms with Crippen LogP contribution in [0.2, 0.25) is 0 Å². The molecule has 0 radical (unpaired) electrons. The molecule has 0 aliphatic carbocycles. The number of hydrogen-bond donors (Lipinski definition) is 1. The van der Waals surface area contributed by atoms with Crippen molar-refractivity contribution in [3.05, 3.63) is 63.5 Å². The van der Waals surface area contributed by atoms with Gasteiger partial charge in [-0.25, -0.2) is 4.39 Å². The zero-order valence-electron chi connectivity index (χ0n) is 11.7. The molecule has 0 unspecified atom stereocenters. The number of nitro groups is 1. The molecule has 2 N–H and O–H groups in total. The summed E-state index contributed by atoms with van der Waals surface area (Å²) in [6, 6.07) is 9.15. The summed E-state index contributed by atoms with van der Waals surface area (Å²) in [7, 11) is 0. The Morgan fingerprint density at radius 1 is 1.29 bits per heavy atom. The summed E-state index contributed by atoms with van der Waals surface area (Å²) in [6.07, 6.45) is 0. The quantitative estimate of drug-likeness (QED) is 0.678. The Bertz CT molecular complexity index is 672. The lowest BCUT2D eigenvalue weighted by atomic mass is 10.1. The van der Waals surface area contributed by atoms with Gasteiger partial charge in [-0.05, 0) is 49.2 Å². The number of nitro benzene ring substituents is 1. The molecule has 6 heteroatoms. The van der Waals surface area contributed by atoms with Gasteiger partial charge in [0.25, 0.3) is 5.69 Å². The van der Waals surface area contributed by atoms with Crippen LogP contribution in [0.1, 0.15) is 24.1 Å². The minimum absolute atomic E-state index is 0.0436. The van der Waals surface area contributed by atoms with Gasteiger partial charge in [-0.2, -0.15) is 0 Å². The maximum Gasteiger partial charge on any atom is 0.269 e. The summed E-state index contributed by atoms with van der Waals surface area (Å²) in [5, 5.41) is 10.6. The average Bonchev–Trinajstić information content (AvgIpc) is 2.43. The number of rotatable bonds is 4. The van der Waals surface area contributed by atoms with Crippen LogP contribution in [-0.2, 0) is 0 Å². The number of non-ortho nitro benzene ring substituents is 1. The molecular formula is C15H15FN2O2S. The average molecular weight is 306 g/mol. The van der Waals surface area contributed by atoms with Crippen molar-refractivity contribution >= 4 is 17.4 Å². The number of nitrogens with two attached hydrogens (primary N) is 1. The second-order valence-electron chi connectivity index (χ2n) is 4.78. The minimum atomic E-state index is -0.441. The number of hydrogen-bond acceptors (Lipinski definition) is 4. The minimum Gasteiger partial charge on any atom is -0.324 e. The summed E-state index contributed by atoms with van der Waals surface area (Å²) in [4.78, 5) is 11.9. The molecule has 0 saturated heterocycles. The van der Waals surface area contributed by atoms with E-state index in [1.54, 1.807) is 32.0 Å². The number of nitrogens with zero attached hydrogens (tertiary/aromatic N) is 1. The van der Waals surface area contributed by atoms with Crippen molar-refractivity contribution in [2.45, 2.75) is 29.7 Å². The lowest BCUT2D eigenvalue weighted by Crippen LogP contribution is -2.07. The van der Waals surface area contributed by atoms with Crippen LogP contribution in [0.5, 0.6) is 0 Å². The van der Waals surface area contributed by atoms with Gasteiger partial charge >= 0.3 is 0 Å². The fourth-order valence-corrected chi connectivity index (χ4v) is 3.00. The lowest BCUT2D eigenvalue weighted by molar-refractivity contribution is -0.384. The monoisotopic (exact) mass is 306 g/mol. The van der Waals surface area contributed by atoms with Gasteiger partial charge in [-0.15, -0.1) is 0 Å². The smallest absolute Gasteiger partial charge is 0.269 e. The van der Waals surface area contributed by atoms with Gasteiger partial charge in [-0.1, -0.05) is 11.8 Å². The molecule has 1 atom stereocenters. The fourth-order valence-electron chi connectivity index (χ4n) is 1.88. The highest BCUT2D eigenvalue weighted by Gasteiger charge is 2.13. The van der Waals surface area contributed by atoms with Crippen molar-refractivity contribution in [2.75, 3.05) is 0 Å². The van der Waals surface area contributed by atoms with E-state index in [-0.39, 0.29) is 17.5 Å². The van der Waals surface area contributed by atoms with Gasteiger partial charge in [0, 0.05) is 28.0 Å². The highest BCUT2D eigenvalue weighted by atomic mass is 32.2. The van der Waals surface area contributed by atoms with Crippen molar-refractivity contribution in [1.82, 2.24) is 0 Å². The maximum absolute atomic E-state index is 13.7. The summed E-state index contributed by atoms with van der Waals surface area (Å²) in [5.41, 5.74) is 7.19. The Labute approximate surface area is 126 Å². The van der Waals surface area contributed by atoms with Gasteiger partial charge in [0.2, 0.25) is 0 Å². The van der Waals surface area contributed by atoms with Gasteiger partial charge in [0.15, 0.2) is 0 Å². The molecule has 21 heavy (non-hydrogen) atoms. The zero-order chi connectivity index (χ0) is 15.6. The number of benzene rings is 2. The predicted molar refractivity (Wildman–Crippen MR) is 81.0 cm³/mol. The third kappa shape index (κ3) is 3.59. The highest BCUT2D eigenvalue weighted by Crippen LogP contribution is 2.35. The third-order valence-electron chi connectivity index (χ3n) is 3.06. The molecule has 0 spiro atoms. The van der Waals surface area contributed by atoms with E-state index in [0.29, 0.717) is 5.56 Å². The molecule has 0 aromatic heterocycles. The van der Waals surface area contributed by atoms with Crippen LogP contribution in [0.15, 0.2) is 46.2 Å². The maximum atomic E-state index is 13.7. The van der Waals surface area contributed by atoms with E-state index in [1.807, 2.05) is 0 Å². The van der Waals surface area contributed by atoms with Crippen molar-refractivity contribution < 1.29 is 9.31 Å². The van der Waals surface area contributed by atoms with Crippen LogP contribution in [-0.4, -0.2) is 4.92 Å². The first-order chi connectivity index (χ1) is 9.88. The molecule has 0 saturated carbocycles. The third-order valence-corrected chi connectivity index (χ3v) is 4.14. The first-order valence-corrected chi connectivity index (χ1v) is 7.18. The van der Waals surface area contributed by atoms with Gasteiger partial charge in [0.1, 0.15) is 5.82 Å². The molecule has 0 aliphatic rings. The molecule has 2 aromatic carbocycles. The Kier molecular flexibility index (Phi) is 4.59. The van der Waals surface area contributed by atoms with Crippen LogP contribution in [0.3, 0.4) is 0 Å². The molecular weight excluding hydrogens is 291 g/mol. The predicted octanol–water partition coefficient (Wildman–Crippen LogP) is 4.21. The van der Waals surface area contributed by atoms with Crippen LogP contribution in [0.4, 0.5) is 10.1 Å². The van der Waals surface area contributed by atoms with E-state index in [0.717, 1.165) is 15.4 Å². The Hall–Kier alpha value is -1.92. The van der Waals surface area contributed by atoms with E-state index in [1.165, 1.54) is 30.0 Å². The molecule has 2 aromatic rings. The Morgan fingerprint density at radius 2 is 1.90 bits per heavy atom. The van der Waals surface area contributed by atoms with Crippen LogP contribution >= 0.6 is 11.8 Å². The number of aryl methyl sites for hydroxylation is 1. The van der Waals surface area contributed by atoms with Gasteiger partial charge in [0.05, 0.1) is 4.92 Å². The van der Waals surface area contributed by atoms with E-state index >= 15 is 0 Å². The topological polar surface area (TPSA) is 69.2 Å². The second-order valence-corrected chi connectivity index (χ2v) is 5.90. The zero-order valence-corrected chi connectivity index (χ0v) is 12.5. The second kappa shape index (κ2) is 6.24. The molecule has 0 amide bonds. The first-order valence-electron chi connectivity index (χ1n) is 6.36. The first kappa shape index (κ1) is 15.5. The number of halogens is 1. The summed E-state index contributed by atoms with van der Waals surface area (Å²) in [6.45, 7) is 3.49.